The van der Waals surface area contributed by atoms with Gasteiger partial charge in [-0.3, -0.25) is 0 Å². The van der Waals surface area contributed by atoms with Gasteiger partial charge >= 0.3 is 0 Å². The van der Waals surface area contributed by atoms with Gasteiger partial charge in [0, 0.05) is 32.9 Å². The van der Waals surface area contributed by atoms with Crippen LogP contribution in [-0.2, 0) is 6.42 Å². The molecule has 0 saturated carbocycles. The number of aryl methyl sites for hydroxylation is 1. The third-order valence-electron chi connectivity index (χ3n) is 6.80. The summed E-state index contributed by atoms with van der Waals surface area (Å²) < 4.78 is 0. The molecule has 1 aliphatic heterocycles. The van der Waals surface area contributed by atoms with Crippen molar-refractivity contribution in [2.24, 2.45) is 20.5 Å². The number of fused-ring (bicyclic) bond motifs is 1. The summed E-state index contributed by atoms with van der Waals surface area (Å²) in [4.78, 5) is 0. The summed E-state index contributed by atoms with van der Waals surface area (Å²) in [6, 6.07) is 30.7. The Morgan fingerprint density at radius 3 is 1.79 bits per heavy atom. The van der Waals surface area contributed by atoms with Crippen LogP contribution in [0.3, 0.4) is 0 Å². The third kappa shape index (κ3) is 4.61. The molecule has 0 fully saturated rings. The molecule has 5 aromatic carbocycles. The summed E-state index contributed by atoms with van der Waals surface area (Å²) in [5.74, 6) is 0. The molecule has 0 saturated heterocycles. The van der Waals surface area contributed by atoms with Gasteiger partial charge in [0.05, 0.1) is 22.7 Å². The van der Waals surface area contributed by atoms with Gasteiger partial charge in [-0.25, -0.2) is 0 Å². The highest BCUT2D eigenvalue weighted by molar-refractivity contribution is 6.09. The first-order chi connectivity index (χ1) is 18.5. The Bertz CT molecular complexity index is 1690. The van der Waals surface area contributed by atoms with E-state index in [0.717, 1.165) is 68.5 Å². The van der Waals surface area contributed by atoms with Gasteiger partial charge in [0.25, 0.3) is 0 Å². The summed E-state index contributed by atoms with van der Waals surface area (Å²) in [5, 5.41) is 29.7. The minimum Gasteiger partial charge on any atom is -0.363 e. The van der Waals surface area contributed by atoms with E-state index in [1.807, 2.05) is 42.5 Å². The third-order valence-corrected chi connectivity index (χ3v) is 6.80. The summed E-state index contributed by atoms with van der Waals surface area (Å²) >= 11 is 0. The fourth-order valence-electron chi connectivity index (χ4n) is 5.07. The Labute approximate surface area is 222 Å². The lowest BCUT2D eigenvalue weighted by molar-refractivity contribution is 0.649. The molecule has 1 aliphatic rings. The Morgan fingerprint density at radius 2 is 1.13 bits per heavy atom. The standard InChI is InChI=1S/C32H30N6/c1-4-8-21-13-15-22(16-14-21)35-36-26-17-18-27(24-10-6-5-9-23(24)26)37-38-28-19-20-30-31-25(28)11-7-12-29(31)33-32(2,3)34-30/h5-7,9-20,33-34H,4,8H2,1-3H3. The molecular weight excluding hydrogens is 468 g/mol. The van der Waals surface area contributed by atoms with Crippen molar-refractivity contribution in [1.29, 1.82) is 0 Å². The maximum atomic E-state index is 4.69. The molecule has 5 aromatic rings. The van der Waals surface area contributed by atoms with Crippen LogP contribution in [-0.4, -0.2) is 5.66 Å². The van der Waals surface area contributed by atoms with Gasteiger partial charge in [-0.2, -0.15) is 5.11 Å². The maximum absolute atomic E-state index is 4.69. The fourth-order valence-corrected chi connectivity index (χ4v) is 5.07. The lowest BCUT2D eigenvalue weighted by Gasteiger charge is -2.36. The van der Waals surface area contributed by atoms with E-state index in [1.165, 1.54) is 5.56 Å². The summed E-state index contributed by atoms with van der Waals surface area (Å²) in [6.07, 6.45) is 2.21. The highest BCUT2D eigenvalue weighted by Gasteiger charge is 2.25. The van der Waals surface area contributed by atoms with Crippen molar-refractivity contribution < 1.29 is 0 Å². The molecule has 188 valence electrons. The molecule has 6 nitrogen and oxygen atoms in total. The van der Waals surface area contributed by atoms with E-state index < -0.39 is 0 Å². The minimum atomic E-state index is -0.221. The Kier molecular flexibility index (Phi) is 6.08. The molecular formula is C32H30N6. The van der Waals surface area contributed by atoms with Gasteiger partial charge in [-0.1, -0.05) is 61.9 Å². The van der Waals surface area contributed by atoms with Crippen LogP contribution in [0.2, 0.25) is 0 Å². The van der Waals surface area contributed by atoms with Crippen molar-refractivity contribution in [3.63, 3.8) is 0 Å². The van der Waals surface area contributed by atoms with Crippen molar-refractivity contribution >= 4 is 55.7 Å². The average molecular weight is 499 g/mol. The minimum absolute atomic E-state index is 0.221. The number of anilines is 2. The Morgan fingerprint density at radius 1 is 0.579 bits per heavy atom. The predicted octanol–water partition coefficient (Wildman–Crippen LogP) is 10.3. The van der Waals surface area contributed by atoms with Crippen molar-refractivity contribution in [2.75, 3.05) is 10.6 Å². The van der Waals surface area contributed by atoms with Crippen LogP contribution in [0, 0.1) is 0 Å². The van der Waals surface area contributed by atoms with Gasteiger partial charge in [-0.15, -0.1) is 15.3 Å². The van der Waals surface area contributed by atoms with Crippen LogP contribution in [0.1, 0.15) is 32.8 Å². The molecule has 0 spiro atoms. The maximum Gasteiger partial charge on any atom is 0.102 e. The monoisotopic (exact) mass is 498 g/mol. The molecule has 2 N–H and O–H groups in total. The zero-order valence-electron chi connectivity index (χ0n) is 21.9. The number of nitrogens with zero attached hydrogens (tertiary/aromatic N) is 4. The van der Waals surface area contributed by atoms with Crippen LogP contribution < -0.4 is 10.6 Å². The Balaban J connectivity index is 1.33. The zero-order valence-corrected chi connectivity index (χ0v) is 21.9. The summed E-state index contributed by atoms with van der Waals surface area (Å²) in [6.45, 7) is 6.44. The van der Waals surface area contributed by atoms with Crippen molar-refractivity contribution in [1.82, 2.24) is 0 Å². The van der Waals surface area contributed by atoms with E-state index in [2.05, 4.69) is 95.3 Å². The van der Waals surface area contributed by atoms with Crippen LogP contribution in [0.25, 0.3) is 21.5 Å². The quantitative estimate of drug-likeness (QED) is 0.228. The molecule has 6 rings (SSSR count). The first-order valence-corrected chi connectivity index (χ1v) is 13.1. The summed E-state index contributed by atoms with van der Waals surface area (Å²) in [7, 11) is 0. The van der Waals surface area contributed by atoms with E-state index in [4.69, 9.17) is 5.11 Å². The van der Waals surface area contributed by atoms with Crippen LogP contribution in [0.5, 0.6) is 0 Å². The predicted molar refractivity (Wildman–Crippen MR) is 158 cm³/mol. The molecule has 0 unspecified atom stereocenters. The summed E-state index contributed by atoms with van der Waals surface area (Å²) in [5.41, 5.74) is 6.55. The highest BCUT2D eigenvalue weighted by atomic mass is 15.2. The van der Waals surface area contributed by atoms with E-state index in [1.54, 1.807) is 0 Å². The smallest absolute Gasteiger partial charge is 0.102 e. The van der Waals surface area contributed by atoms with Crippen molar-refractivity contribution in [3.05, 3.63) is 96.6 Å². The first kappa shape index (κ1) is 23.8. The largest absolute Gasteiger partial charge is 0.363 e. The molecule has 1 heterocycles. The molecule has 0 amide bonds. The van der Waals surface area contributed by atoms with Crippen molar-refractivity contribution in [2.45, 2.75) is 39.3 Å². The van der Waals surface area contributed by atoms with E-state index >= 15 is 0 Å². The second-order valence-electron chi connectivity index (χ2n) is 10.2. The normalized spacial score (nSPS) is 14.3. The SMILES string of the molecule is CCCc1ccc(N=Nc2ccc(N=Nc3ccc4c5c(cccc35)NC(C)(C)N4)c3ccccc23)cc1. The number of benzene rings is 5. The number of hydrogen-bond acceptors (Lipinski definition) is 6. The fraction of sp³-hybridized carbons (Fsp3) is 0.188. The molecule has 0 bridgehead atoms. The second kappa shape index (κ2) is 9.71. The van der Waals surface area contributed by atoms with Gasteiger partial charge in [-0.05, 0) is 68.3 Å². The van der Waals surface area contributed by atoms with Crippen LogP contribution >= 0.6 is 0 Å². The molecule has 0 atom stereocenters. The molecule has 0 aliphatic carbocycles. The van der Waals surface area contributed by atoms with E-state index in [-0.39, 0.29) is 5.66 Å². The highest BCUT2D eigenvalue weighted by Crippen LogP contribution is 2.42. The van der Waals surface area contributed by atoms with E-state index in [0.29, 0.717) is 0 Å². The van der Waals surface area contributed by atoms with Crippen LogP contribution in [0.4, 0.5) is 34.1 Å². The number of hydrogen-bond donors (Lipinski definition) is 2. The van der Waals surface area contributed by atoms with Gasteiger partial charge in [0.15, 0.2) is 0 Å². The zero-order chi connectivity index (χ0) is 26.1. The van der Waals surface area contributed by atoms with Gasteiger partial charge in [0.2, 0.25) is 0 Å². The Hall–Kier alpha value is -4.58. The lowest BCUT2D eigenvalue weighted by atomic mass is 10.00. The first-order valence-electron chi connectivity index (χ1n) is 13.1. The lowest BCUT2D eigenvalue weighted by Crippen LogP contribution is -2.41. The van der Waals surface area contributed by atoms with Gasteiger partial charge in [0.1, 0.15) is 5.66 Å². The molecule has 0 radical (unpaired) electrons. The number of nitrogens with one attached hydrogen (secondary N) is 2. The molecule has 6 heteroatoms. The molecule has 38 heavy (non-hydrogen) atoms. The van der Waals surface area contributed by atoms with Crippen LogP contribution in [0.15, 0.2) is 111 Å². The van der Waals surface area contributed by atoms with Crippen molar-refractivity contribution in [3.8, 4) is 0 Å². The second-order valence-corrected chi connectivity index (χ2v) is 10.2. The number of azo groups is 2. The average Bonchev–Trinajstić information content (AvgIpc) is 2.92. The number of rotatable bonds is 6. The van der Waals surface area contributed by atoms with E-state index in [9.17, 15) is 0 Å². The topological polar surface area (TPSA) is 73.5 Å². The molecule has 0 aromatic heterocycles. The van der Waals surface area contributed by atoms with Gasteiger partial charge < -0.3 is 10.6 Å².